The number of amides is 2. The largest absolute Gasteiger partial charge is 0.487 e. The van der Waals surface area contributed by atoms with Crippen LogP contribution in [0, 0.1) is 11.8 Å². The minimum absolute atomic E-state index is 0.0365. The molecule has 7 nitrogen and oxygen atoms in total. The van der Waals surface area contributed by atoms with Gasteiger partial charge >= 0.3 is 0 Å². The number of hydrogen-bond acceptors (Lipinski definition) is 5. The van der Waals surface area contributed by atoms with Gasteiger partial charge in [-0.15, -0.1) is 0 Å². The van der Waals surface area contributed by atoms with Crippen molar-refractivity contribution in [2.24, 2.45) is 11.8 Å². The van der Waals surface area contributed by atoms with E-state index in [-0.39, 0.29) is 42.1 Å². The summed E-state index contributed by atoms with van der Waals surface area (Å²) in [7, 11) is 0. The van der Waals surface area contributed by atoms with Crippen LogP contribution in [0.5, 0.6) is 5.75 Å². The average Bonchev–Trinajstić information content (AvgIpc) is 2.82. The van der Waals surface area contributed by atoms with E-state index in [1.807, 2.05) is 36.4 Å². The van der Waals surface area contributed by atoms with Crippen molar-refractivity contribution in [1.82, 2.24) is 4.90 Å². The van der Waals surface area contributed by atoms with Crippen LogP contribution in [0.4, 0.5) is 11.4 Å². The maximum atomic E-state index is 13.3. The van der Waals surface area contributed by atoms with Gasteiger partial charge in [-0.1, -0.05) is 30.3 Å². The second kappa shape index (κ2) is 8.10. The topological polar surface area (TPSA) is 71.1 Å². The quantitative estimate of drug-likeness (QED) is 0.740. The molecule has 34 heavy (non-hydrogen) atoms. The number of ether oxygens (including phenoxy) is 2. The van der Waals surface area contributed by atoms with Gasteiger partial charge in [-0.05, 0) is 50.8 Å². The van der Waals surface area contributed by atoms with Crippen LogP contribution in [0.1, 0.15) is 38.4 Å². The lowest BCUT2D eigenvalue weighted by atomic mass is 9.70. The number of para-hydroxylation sites is 3. The Morgan fingerprint density at radius 1 is 1.15 bits per heavy atom. The Bertz CT molecular complexity index is 1130. The summed E-state index contributed by atoms with van der Waals surface area (Å²) in [5.74, 6) is 1.36. The van der Waals surface area contributed by atoms with Crippen LogP contribution < -0.4 is 15.0 Å². The standard InChI is InChI=1S/C27H31N3O4/c1-27(2)19-13-17-14-29(12-11-22(17)33-26(19)18-7-3-6-10-23(18)34-27)16-25(32)30-15-24(31)28-20-8-4-5-9-21(20)30/h3-10,17,19,22,26H,11-16H2,1-2H3,(H,28,31)/t17-,19+,22+,26-/m1/s1. The molecule has 2 aromatic carbocycles. The molecule has 4 atom stereocenters. The zero-order valence-electron chi connectivity index (χ0n) is 19.7. The highest BCUT2D eigenvalue weighted by Crippen LogP contribution is 2.52. The summed E-state index contributed by atoms with van der Waals surface area (Å²) < 4.78 is 13.1. The Kier molecular flexibility index (Phi) is 5.15. The van der Waals surface area contributed by atoms with E-state index in [1.165, 1.54) is 0 Å². The molecule has 7 heteroatoms. The maximum absolute atomic E-state index is 13.3. The molecule has 0 saturated carbocycles. The van der Waals surface area contributed by atoms with E-state index >= 15 is 0 Å². The second-order valence-electron chi connectivity index (χ2n) is 10.5. The van der Waals surface area contributed by atoms with Crippen molar-refractivity contribution >= 4 is 23.2 Å². The van der Waals surface area contributed by atoms with Crippen molar-refractivity contribution in [3.63, 3.8) is 0 Å². The summed E-state index contributed by atoms with van der Waals surface area (Å²) in [5.41, 5.74) is 2.31. The third-order valence-corrected chi connectivity index (χ3v) is 7.91. The van der Waals surface area contributed by atoms with Crippen LogP contribution in [0.3, 0.4) is 0 Å². The van der Waals surface area contributed by atoms with Gasteiger partial charge in [0.2, 0.25) is 11.8 Å². The zero-order valence-corrected chi connectivity index (χ0v) is 19.7. The molecule has 2 aromatic rings. The lowest BCUT2D eigenvalue weighted by Crippen LogP contribution is -2.56. The fraction of sp³-hybridized carbons (Fsp3) is 0.481. The molecule has 0 unspecified atom stereocenters. The minimum atomic E-state index is -0.313. The predicted octanol–water partition coefficient (Wildman–Crippen LogP) is 3.61. The molecule has 0 bridgehead atoms. The molecule has 178 valence electrons. The molecule has 4 heterocycles. The molecule has 0 radical (unpaired) electrons. The normalized spacial score (nSPS) is 29.6. The number of nitrogens with one attached hydrogen (secondary N) is 1. The Morgan fingerprint density at radius 2 is 1.94 bits per heavy atom. The molecule has 6 rings (SSSR count). The first-order valence-corrected chi connectivity index (χ1v) is 12.2. The first kappa shape index (κ1) is 21.6. The number of fused-ring (bicyclic) bond motifs is 5. The molecule has 2 fully saturated rings. The van der Waals surface area contributed by atoms with Crippen molar-refractivity contribution < 1.29 is 19.1 Å². The summed E-state index contributed by atoms with van der Waals surface area (Å²) in [6.07, 6.45) is 2.16. The van der Waals surface area contributed by atoms with Crippen molar-refractivity contribution in [3.8, 4) is 5.75 Å². The molecule has 2 amide bonds. The van der Waals surface area contributed by atoms with Crippen LogP contribution in [0.25, 0.3) is 0 Å². The summed E-state index contributed by atoms with van der Waals surface area (Å²) in [6.45, 7) is 6.32. The number of rotatable bonds is 2. The Hall–Kier alpha value is -2.90. The van der Waals surface area contributed by atoms with Crippen LogP contribution in [-0.2, 0) is 14.3 Å². The fourth-order valence-electron chi connectivity index (χ4n) is 6.21. The van der Waals surface area contributed by atoms with Crippen LogP contribution in [0.2, 0.25) is 0 Å². The number of carbonyl (C=O) groups excluding carboxylic acids is 2. The zero-order chi connectivity index (χ0) is 23.4. The first-order valence-electron chi connectivity index (χ1n) is 12.2. The highest BCUT2D eigenvalue weighted by Gasteiger charge is 2.51. The summed E-state index contributed by atoms with van der Waals surface area (Å²) in [6, 6.07) is 15.7. The Balaban J connectivity index is 1.16. The molecule has 1 N–H and O–H groups in total. The van der Waals surface area contributed by atoms with E-state index < -0.39 is 0 Å². The van der Waals surface area contributed by atoms with E-state index in [4.69, 9.17) is 9.47 Å². The minimum Gasteiger partial charge on any atom is -0.487 e. The number of likely N-dealkylation sites (tertiary alicyclic amines) is 1. The van der Waals surface area contributed by atoms with Crippen LogP contribution in [0.15, 0.2) is 48.5 Å². The van der Waals surface area contributed by atoms with Gasteiger partial charge in [0.25, 0.3) is 0 Å². The van der Waals surface area contributed by atoms with Gasteiger partial charge in [0, 0.05) is 24.6 Å². The molecular weight excluding hydrogens is 430 g/mol. The van der Waals surface area contributed by atoms with Gasteiger partial charge in [0.05, 0.1) is 30.1 Å². The van der Waals surface area contributed by atoms with Gasteiger partial charge in [0.1, 0.15) is 17.9 Å². The number of anilines is 2. The van der Waals surface area contributed by atoms with Gasteiger partial charge < -0.3 is 14.8 Å². The van der Waals surface area contributed by atoms with E-state index in [9.17, 15) is 9.59 Å². The van der Waals surface area contributed by atoms with Crippen molar-refractivity contribution in [2.45, 2.75) is 44.5 Å². The summed E-state index contributed by atoms with van der Waals surface area (Å²) in [5, 5.41) is 2.85. The highest BCUT2D eigenvalue weighted by atomic mass is 16.5. The number of piperidine rings is 1. The molecular formula is C27H31N3O4. The van der Waals surface area contributed by atoms with E-state index in [1.54, 1.807) is 4.90 Å². The monoisotopic (exact) mass is 461 g/mol. The third-order valence-electron chi connectivity index (χ3n) is 7.91. The maximum Gasteiger partial charge on any atom is 0.244 e. The van der Waals surface area contributed by atoms with Gasteiger partial charge in [-0.25, -0.2) is 0 Å². The molecule has 4 aliphatic rings. The smallest absolute Gasteiger partial charge is 0.244 e. The van der Waals surface area contributed by atoms with Crippen LogP contribution >= 0.6 is 0 Å². The molecule has 0 aromatic heterocycles. The summed E-state index contributed by atoms with van der Waals surface area (Å²) >= 11 is 0. The summed E-state index contributed by atoms with van der Waals surface area (Å²) in [4.78, 5) is 29.3. The number of carbonyl (C=O) groups is 2. The van der Waals surface area contributed by atoms with Gasteiger partial charge in [-0.2, -0.15) is 0 Å². The lowest BCUT2D eigenvalue weighted by Gasteiger charge is -2.53. The van der Waals surface area contributed by atoms with Gasteiger partial charge in [-0.3, -0.25) is 19.4 Å². The SMILES string of the molecule is CC1(C)Oc2ccccc2[C@H]2O[C@H]3CCN(CC(=O)N4CC(=O)Nc5ccccc54)C[C@H]3C[C@@H]21. The predicted molar refractivity (Wildman–Crippen MR) is 129 cm³/mol. The fourth-order valence-corrected chi connectivity index (χ4v) is 6.21. The van der Waals surface area contributed by atoms with E-state index in [0.717, 1.165) is 42.9 Å². The highest BCUT2D eigenvalue weighted by molar-refractivity contribution is 6.10. The van der Waals surface area contributed by atoms with Crippen molar-refractivity contribution in [3.05, 3.63) is 54.1 Å². The Morgan fingerprint density at radius 3 is 2.82 bits per heavy atom. The molecule has 4 aliphatic heterocycles. The first-order chi connectivity index (χ1) is 16.4. The number of nitrogens with zero attached hydrogens (tertiary/aromatic N) is 2. The van der Waals surface area contributed by atoms with E-state index in [0.29, 0.717) is 18.2 Å². The Labute approximate surface area is 200 Å². The van der Waals surface area contributed by atoms with Crippen molar-refractivity contribution in [1.29, 1.82) is 0 Å². The number of benzene rings is 2. The van der Waals surface area contributed by atoms with Crippen LogP contribution in [-0.4, -0.2) is 54.6 Å². The number of hydrogen-bond donors (Lipinski definition) is 1. The van der Waals surface area contributed by atoms with Crippen molar-refractivity contribution in [2.75, 3.05) is 36.4 Å². The third kappa shape index (κ3) is 3.67. The molecule has 2 saturated heterocycles. The van der Waals surface area contributed by atoms with E-state index in [2.05, 4.69) is 36.2 Å². The second-order valence-corrected chi connectivity index (χ2v) is 10.5. The average molecular weight is 462 g/mol. The molecule has 0 aliphatic carbocycles. The van der Waals surface area contributed by atoms with Gasteiger partial charge in [0.15, 0.2) is 0 Å². The molecule has 0 spiro atoms. The lowest BCUT2D eigenvalue weighted by molar-refractivity contribution is -0.187.